The van der Waals surface area contributed by atoms with Crippen LogP contribution in [0.5, 0.6) is 0 Å². The summed E-state index contributed by atoms with van der Waals surface area (Å²) >= 11 is 0.889. The van der Waals surface area contributed by atoms with E-state index >= 15 is 0 Å². The highest BCUT2D eigenvalue weighted by atomic mass is 32.2. The average Bonchev–Trinajstić information content (AvgIpc) is 3.21. The Balaban J connectivity index is 1.89. The molecule has 1 aliphatic rings. The number of ether oxygens (including phenoxy) is 1. The summed E-state index contributed by atoms with van der Waals surface area (Å²) in [5, 5.41) is 0.0873. The molecule has 2 atom stereocenters. The Labute approximate surface area is 192 Å². The number of aromatic nitrogens is 1. The first-order chi connectivity index (χ1) is 15.1. The lowest BCUT2D eigenvalue weighted by atomic mass is 10.2. The molecule has 1 aromatic heterocycles. The number of hydrogen-bond acceptors (Lipinski definition) is 8. The van der Waals surface area contributed by atoms with Crippen LogP contribution in [0.2, 0.25) is 0 Å². The van der Waals surface area contributed by atoms with Crippen LogP contribution in [0.4, 0.5) is 5.00 Å². The molecular formula is C22H24N2O5S3. The summed E-state index contributed by atoms with van der Waals surface area (Å²) in [6.07, 6.45) is -0.269. The Morgan fingerprint density at radius 1 is 0.875 bits per heavy atom. The molecule has 3 aromatic rings. The fourth-order valence-electron chi connectivity index (χ4n) is 3.64. The van der Waals surface area contributed by atoms with Crippen molar-refractivity contribution < 1.29 is 21.6 Å². The number of morpholine rings is 1. The van der Waals surface area contributed by atoms with E-state index in [0.717, 1.165) is 16.9 Å². The summed E-state index contributed by atoms with van der Waals surface area (Å²) in [6.45, 7) is 6.55. The topological polar surface area (TPSA) is 93.6 Å². The summed E-state index contributed by atoms with van der Waals surface area (Å²) in [7, 11) is -8.01. The molecule has 1 saturated heterocycles. The van der Waals surface area contributed by atoms with Gasteiger partial charge in [-0.15, -0.1) is 0 Å². The fourth-order valence-corrected chi connectivity index (χ4v) is 8.11. The van der Waals surface area contributed by atoms with Crippen LogP contribution < -0.4 is 4.90 Å². The van der Waals surface area contributed by atoms with Crippen molar-refractivity contribution in [3.63, 3.8) is 0 Å². The van der Waals surface area contributed by atoms with Gasteiger partial charge in [0.1, 0.15) is 5.00 Å². The van der Waals surface area contributed by atoms with Crippen LogP contribution in [0.25, 0.3) is 0 Å². The second-order valence-electron chi connectivity index (χ2n) is 7.89. The third-order valence-electron chi connectivity index (χ3n) is 5.14. The Morgan fingerprint density at radius 2 is 1.44 bits per heavy atom. The number of nitrogens with zero attached hydrogens (tertiary/aromatic N) is 2. The molecule has 0 spiro atoms. The van der Waals surface area contributed by atoms with Crippen LogP contribution in [0.3, 0.4) is 0 Å². The monoisotopic (exact) mass is 492 g/mol. The van der Waals surface area contributed by atoms with Crippen molar-refractivity contribution in [1.82, 2.24) is 4.98 Å². The van der Waals surface area contributed by atoms with E-state index in [1.807, 2.05) is 25.7 Å². The summed E-state index contributed by atoms with van der Waals surface area (Å²) < 4.78 is 59.1. The number of rotatable bonds is 5. The van der Waals surface area contributed by atoms with Gasteiger partial charge in [0, 0.05) is 13.1 Å². The number of hydrogen-bond donors (Lipinski definition) is 0. The average molecular weight is 493 g/mol. The molecule has 4 rings (SSSR count). The zero-order chi connectivity index (χ0) is 23.1. The van der Waals surface area contributed by atoms with E-state index in [9.17, 15) is 16.8 Å². The predicted molar refractivity (Wildman–Crippen MR) is 123 cm³/mol. The Hall–Kier alpha value is -2.27. The number of thiazole rings is 1. The number of benzene rings is 2. The van der Waals surface area contributed by atoms with Crippen LogP contribution in [0.1, 0.15) is 19.4 Å². The molecule has 32 heavy (non-hydrogen) atoms. The third kappa shape index (κ3) is 4.32. The summed E-state index contributed by atoms with van der Waals surface area (Å²) in [6, 6.07) is 14.4. The van der Waals surface area contributed by atoms with Crippen molar-refractivity contribution in [2.45, 2.75) is 52.1 Å². The zero-order valence-corrected chi connectivity index (χ0v) is 20.4. The van der Waals surface area contributed by atoms with Crippen LogP contribution in [-0.4, -0.2) is 47.1 Å². The highest BCUT2D eigenvalue weighted by Crippen LogP contribution is 2.40. The van der Waals surface area contributed by atoms with E-state index in [1.165, 1.54) is 24.3 Å². The molecule has 0 radical (unpaired) electrons. The molecule has 1 aliphatic heterocycles. The first-order valence-electron chi connectivity index (χ1n) is 10.1. The molecule has 0 aliphatic carbocycles. The smallest absolute Gasteiger partial charge is 0.233 e. The van der Waals surface area contributed by atoms with Crippen molar-refractivity contribution in [2.24, 2.45) is 0 Å². The lowest BCUT2D eigenvalue weighted by Crippen LogP contribution is -2.45. The largest absolute Gasteiger partial charge is 0.372 e. The third-order valence-corrected chi connectivity index (χ3v) is 10.2. The van der Waals surface area contributed by atoms with Gasteiger partial charge in [-0.25, -0.2) is 21.8 Å². The van der Waals surface area contributed by atoms with Crippen molar-refractivity contribution in [3.8, 4) is 0 Å². The molecule has 0 amide bonds. The van der Waals surface area contributed by atoms with E-state index in [-0.39, 0.29) is 31.4 Å². The molecular weight excluding hydrogens is 468 g/mol. The molecule has 2 aromatic carbocycles. The number of sulfone groups is 2. The molecule has 0 bridgehead atoms. The van der Waals surface area contributed by atoms with Crippen LogP contribution in [0.15, 0.2) is 73.8 Å². The quantitative estimate of drug-likeness (QED) is 0.536. The number of aryl methyl sites for hydroxylation is 1. The molecule has 0 N–H and O–H groups in total. The Morgan fingerprint density at radius 3 is 2.03 bits per heavy atom. The molecule has 170 valence electrons. The minimum atomic E-state index is -4.04. The Bertz CT molecular complexity index is 1310. The molecule has 0 saturated carbocycles. The normalized spacial score (nSPS) is 19.8. The summed E-state index contributed by atoms with van der Waals surface area (Å²) in [4.78, 5) is 6.23. The van der Waals surface area contributed by atoms with Gasteiger partial charge in [0.05, 0.1) is 22.0 Å². The van der Waals surface area contributed by atoms with Gasteiger partial charge in [-0.05, 0) is 45.0 Å². The van der Waals surface area contributed by atoms with Crippen molar-refractivity contribution in [1.29, 1.82) is 0 Å². The molecule has 1 fully saturated rings. The highest BCUT2D eigenvalue weighted by molar-refractivity contribution is 7.94. The van der Waals surface area contributed by atoms with Gasteiger partial charge in [-0.2, -0.15) is 0 Å². The lowest BCUT2D eigenvalue weighted by Gasteiger charge is -2.36. The van der Waals surface area contributed by atoms with Gasteiger partial charge in [0.15, 0.2) is 5.03 Å². The maximum absolute atomic E-state index is 13.5. The second-order valence-corrected chi connectivity index (χ2v) is 12.9. The predicted octanol–water partition coefficient (Wildman–Crippen LogP) is 3.73. The number of anilines is 1. The van der Waals surface area contributed by atoms with Crippen LogP contribution in [0, 0.1) is 6.92 Å². The van der Waals surface area contributed by atoms with Gasteiger partial charge in [-0.3, -0.25) is 0 Å². The molecule has 7 nitrogen and oxygen atoms in total. The first-order valence-corrected chi connectivity index (χ1v) is 13.9. The fraction of sp³-hybridized carbons (Fsp3) is 0.318. The minimum absolute atomic E-state index is 0.0725. The van der Waals surface area contributed by atoms with Gasteiger partial charge >= 0.3 is 0 Å². The van der Waals surface area contributed by atoms with Gasteiger partial charge in [0.2, 0.25) is 24.0 Å². The van der Waals surface area contributed by atoms with E-state index in [4.69, 9.17) is 4.74 Å². The van der Waals surface area contributed by atoms with E-state index in [2.05, 4.69) is 4.98 Å². The van der Waals surface area contributed by atoms with E-state index < -0.39 is 19.7 Å². The standard InChI is InChI=1S/C22H24N2O5S3/c1-15-9-11-19(12-10-15)31(25,26)20-21(24-13-16(2)29-17(3)14-24)30-22(23-20)32(27,28)18-7-5-4-6-8-18/h4-12,16-17H,13-14H2,1-3H3/t16-,17-/m0/s1. The van der Waals surface area contributed by atoms with Crippen molar-refractivity contribution >= 4 is 36.0 Å². The maximum Gasteiger partial charge on any atom is 0.233 e. The maximum atomic E-state index is 13.5. The van der Waals surface area contributed by atoms with Crippen LogP contribution in [-0.2, 0) is 24.4 Å². The second kappa shape index (κ2) is 8.58. The summed E-state index contributed by atoms with van der Waals surface area (Å²) in [5.41, 5.74) is 0.922. The molecule has 2 heterocycles. The van der Waals surface area contributed by atoms with Crippen molar-refractivity contribution in [2.75, 3.05) is 18.0 Å². The van der Waals surface area contributed by atoms with Gasteiger partial charge < -0.3 is 9.64 Å². The van der Waals surface area contributed by atoms with E-state index in [0.29, 0.717) is 18.1 Å². The Kier molecular flexibility index (Phi) is 6.15. The molecule has 10 heteroatoms. The first kappa shape index (κ1) is 22.9. The van der Waals surface area contributed by atoms with Crippen LogP contribution >= 0.6 is 11.3 Å². The molecule has 0 unspecified atom stereocenters. The van der Waals surface area contributed by atoms with Gasteiger partial charge in [0.25, 0.3) is 0 Å². The SMILES string of the molecule is Cc1ccc(S(=O)(=O)c2nc(S(=O)(=O)c3ccccc3)sc2N2C[C@H](C)O[C@@H](C)C2)cc1. The van der Waals surface area contributed by atoms with E-state index in [1.54, 1.807) is 30.3 Å². The zero-order valence-electron chi connectivity index (χ0n) is 17.9. The summed E-state index contributed by atoms with van der Waals surface area (Å²) in [5.74, 6) is 0. The van der Waals surface area contributed by atoms with Gasteiger partial charge in [-0.1, -0.05) is 47.2 Å². The van der Waals surface area contributed by atoms with Crippen molar-refractivity contribution in [3.05, 3.63) is 60.2 Å². The minimum Gasteiger partial charge on any atom is -0.372 e. The lowest BCUT2D eigenvalue weighted by molar-refractivity contribution is -0.00517. The highest BCUT2D eigenvalue weighted by Gasteiger charge is 2.35.